The summed E-state index contributed by atoms with van der Waals surface area (Å²) in [5, 5.41) is 3.41. The number of nitrogens with zero attached hydrogens (tertiary/aromatic N) is 1. The van der Waals surface area contributed by atoms with Crippen molar-refractivity contribution < 1.29 is 8.42 Å². The highest BCUT2D eigenvalue weighted by Crippen LogP contribution is 2.27. The van der Waals surface area contributed by atoms with Gasteiger partial charge in [0.25, 0.3) is 10.0 Å². The number of nitrogens with one attached hydrogen (secondary N) is 1. The number of thiophene rings is 1. The van der Waals surface area contributed by atoms with Gasteiger partial charge in [-0.3, -0.25) is 0 Å². The minimum Gasteiger partial charge on any atom is -0.309 e. The molecule has 0 radical (unpaired) electrons. The third kappa shape index (κ3) is 3.81. The minimum atomic E-state index is -3.34. The van der Waals surface area contributed by atoms with Gasteiger partial charge in [0.1, 0.15) is 4.21 Å². The summed E-state index contributed by atoms with van der Waals surface area (Å²) < 4.78 is 27.0. The molecule has 1 aliphatic rings. The molecule has 1 fully saturated rings. The predicted octanol–water partition coefficient (Wildman–Crippen LogP) is 2.81. The molecule has 4 nitrogen and oxygen atoms in total. The number of sulfonamides is 1. The van der Waals surface area contributed by atoms with E-state index in [1.54, 1.807) is 13.1 Å². The van der Waals surface area contributed by atoms with Crippen molar-refractivity contribution in [2.24, 2.45) is 0 Å². The third-order valence-electron chi connectivity index (χ3n) is 3.74. The zero-order valence-corrected chi connectivity index (χ0v) is 14.1. The van der Waals surface area contributed by atoms with Crippen LogP contribution in [0.15, 0.2) is 16.3 Å². The van der Waals surface area contributed by atoms with Crippen LogP contribution >= 0.6 is 11.3 Å². The molecule has 0 aromatic carbocycles. The molecule has 1 N–H and O–H groups in total. The zero-order valence-electron chi connectivity index (χ0n) is 12.4. The largest absolute Gasteiger partial charge is 0.309 e. The standard InChI is InChI=1S/C14H24N2O2S2/c1-4-5-11(2)16(3)20(17,18)14-9-8-13(19-14)10-15-12-6-7-12/h8-9,11-12,15H,4-7,10H2,1-3H3. The molecule has 1 saturated carbocycles. The van der Waals surface area contributed by atoms with Crippen molar-refractivity contribution in [2.45, 2.75) is 62.4 Å². The van der Waals surface area contributed by atoms with E-state index in [0.717, 1.165) is 24.3 Å². The van der Waals surface area contributed by atoms with Gasteiger partial charge in [-0.1, -0.05) is 13.3 Å². The van der Waals surface area contributed by atoms with Crippen LogP contribution in [0.5, 0.6) is 0 Å². The minimum absolute atomic E-state index is 0.0418. The Kier molecular flexibility index (Phi) is 5.23. The Hall–Kier alpha value is -0.430. The summed E-state index contributed by atoms with van der Waals surface area (Å²) in [5.41, 5.74) is 0. The second kappa shape index (κ2) is 6.56. The maximum atomic E-state index is 12.5. The first-order valence-corrected chi connectivity index (χ1v) is 9.51. The molecule has 6 heteroatoms. The Morgan fingerprint density at radius 3 is 2.75 bits per heavy atom. The summed E-state index contributed by atoms with van der Waals surface area (Å²) in [5.74, 6) is 0. The maximum Gasteiger partial charge on any atom is 0.252 e. The normalized spacial score (nSPS) is 17.6. The van der Waals surface area contributed by atoms with Crippen molar-refractivity contribution in [2.75, 3.05) is 7.05 Å². The lowest BCUT2D eigenvalue weighted by atomic mass is 10.2. The van der Waals surface area contributed by atoms with Crippen molar-refractivity contribution >= 4 is 21.4 Å². The van der Waals surface area contributed by atoms with Crippen molar-refractivity contribution in [3.05, 3.63) is 17.0 Å². The van der Waals surface area contributed by atoms with E-state index in [4.69, 9.17) is 0 Å². The molecule has 1 atom stereocenters. The molecule has 2 rings (SSSR count). The monoisotopic (exact) mass is 316 g/mol. The van der Waals surface area contributed by atoms with Gasteiger partial charge >= 0.3 is 0 Å². The molecule has 0 spiro atoms. The van der Waals surface area contributed by atoms with Gasteiger partial charge in [-0.2, -0.15) is 4.31 Å². The summed E-state index contributed by atoms with van der Waals surface area (Å²) in [4.78, 5) is 1.09. The van der Waals surface area contributed by atoms with Crippen LogP contribution in [0, 0.1) is 0 Å². The van der Waals surface area contributed by atoms with E-state index in [0.29, 0.717) is 10.3 Å². The van der Waals surface area contributed by atoms with Crippen LogP contribution in [0.1, 0.15) is 44.4 Å². The Bertz CT molecular complexity index is 535. The molecule has 1 aliphatic carbocycles. The fourth-order valence-electron chi connectivity index (χ4n) is 2.10. The molecule has 114 valence electrons. The fraction of sp³-hybridized carbons (Fsp3) is 0.714. The fourth-order valence-corrected chi connectivity index (χ4v) is 4.99. The molecular formula is C14H24N2O2S2. The average molecular weight is 316 g/mol. The molecule has 1 aromatic heterocycles. The Balaban J connectivity index is 2.04. The summed E-state index contributed by atoms with van der Waals surface area (Å²) in [7, 11) is -1.66. The number of rotatable bonds is 8. The van der Waals surface area contributed by atoms with E-state index < -0.39 is 10.0 Å². The van der Waals surface area contributed by atoms with E-state index in [1.165, 1.54) is 28.5 Å². The predicted molar refractivity (Wildman–Crippen MR) is 83.5 cm³/mol. The first-order chi connectivity index (χ1) is 9.45. The van der Waals surface area contributed by atoms with Crippen LogP contribution in [0.4, 0.5) is 0 Å². The number of hydrogen-bond donors (Lipinski definition) is 1. The maximum absolute atomic E-state index is 12.5. The van der Waals surface area contributed by atoms with Crippen LogP contribution in [0.25, 0.3) is 0 Å². The van der Waals surface area contributed by atoms with Gasteiger partial charge < -0.3 is 5.32 Å². The van der Waals surface area contributed by atoms with Crippen LogP contribution in [-0.4, -0.2) is 31.9 Å². The van der Waals surface area contributed by atoms with E-state index in [9.17, 15) is 8.42 Å². The lowest BCUT2D eigenvalue weighted by molar-refractivity contribution is 0.369. The lowest BCUT2D eigenvalue weighted by Crippen LogP contribution is -2.34. The quantitative estimate of drug-likeness (QED) is 0.802. The molecule has 20 heavy (non-hydrogen) atoms. The third-order valence-corrected chi connectivity index (χ3v) is 7.26. The van der Waals surface area contributed by atoms with E-state index in [2.05, 4.69) is 12.2 Å². The molecular weight excluding hydrogens is 292 g/mol. The summed E-state index contributed by atoms with van der Waals surface area (Å²) in [6, 6.07) is 4.34. The first kappa shape index (κ1) is 15.9. The number of hydrogen-bond acceptors (Lipinski definition) is 4. The second-order valence-corrected chi connectivity index (χ2v) is 8.93. The lowest BCUT2D eigenvalue weighted by Gasteiger charge is -2.23. The van der Waals surface area contributed by atoms with Crippen molar-refractivity contribution in [1.29, 1.82) is 0 Å². The first-order valence-electron chi connectivity index (χ1n) is 7.25. The second-order valence-electron chi connectivity index (χ2n) is 5.53. The van der Waals surface area contributed by atoms with Gasteiger partial charge in [-0.15, -0.1) is 11.3 Å². The van der Waals surface area contributed by atoms with Crippen LogP contribution in [-0.2, 0) is 16.6 Å². The zero-order chi connectivity index (χ0) is 14.8. The van der Waals surface area contributed by atoms with Crippen LogP contribution < -0.4 is 5.32 Å². The molecule has 1 aromatic rings. The van der Waals surface area contributed by atoms with Gasteiger partial charge in [0.15, 0.2) is 0 Å². The van der Waals surface area contributed by atoms with Gasteiger partial charge in [0.2, 0.25) is 0 Å². The molecule has 1 unspecified atom stereocenters. The Morgan fingerprint density at radius 1 is 1.45 bits per heavy atom. The Labute approximate surface area is 126 Å². The SMILES string of the molecule is CCCC(C)N(C)S(=O)(=O)c1ccc(CNC2CC2)s1. The summed E-state index contributed by atoms with van der Waals surface area (Å²) in [6.45, 7) is 4.81. The molecule has 0 aliphatic heterocycles. The highest BCUT2D eigenvalue weighted by molar-refractivity contribution is 7.91. The van der Waals surface area contributed by atoms with Crippen LogP contribution in [0.3, 0.4) is 0 Å². The summed E-state index contributed by atoms with van der Waals surface area (Å²) in [6.07, 6.45) is 4.36. The van der Waals surface area contributed by atoms with E-state index in [-0.39, 0.29) is 6.04 Å². The molecule has 1 heterocycles. The molecule has 0 bridgehead atoms. The average Bonchev–Trinajstić information content (AvgIpc) is 3.11. The van der Waals surface area contributed by atoms with Crippen molar-refractivity contribution in [1.82, 2.24) is 9.62 Å². The molecule has 0 saturated heterocycles. The Morgan fingerprint density at radius 2 is 2.15 bits per heavy atom. The molecule has 0 amide bonds. The van der Waals surface area contributed by atoms with Crippen molar-refractivity contribution in [3.63, 3.8) is 0 Å². The highest BCUT2D eigenvalue weighted by atomic mass is 32.2. The smallest absolute Gasteiger partial charge is 0.252 e. The van der Waals surface area contributed by atoms with Crippen molar-refractivity contribution in [3.8, 4) is 0 Å². The van der Waals surface area contributed by atoms with Gasteiger partial charge in [-0.25, -0.2) is 8.42 Å². The topological polar surface area (TPSA) is 49.4 Å². The highest BCUT2D eigenvalue weighted by Gasteiger charge is 2.27. The van der Waals surface area contributed by atoms with E-state index in [1.807, 2.05) is 13.0 Å². The van der Waals surface area contributed by atoms with Gasteiger partial charge in [-0.05, 0) is 38.3 Å². The van der Waals surface area contributed by atoms with E-state index >= 15 is 0 Å². The van der Waals surface area contributed by atoms with Gasteiger partial charge in [0.05, 0.1) is 0 Å². The van der Waals surface area contributed by atoms with Crippen LogP contribution in [0.2, 0.25) is 0 Å². The summed E-state index contributed by atoms with van der Waals surface area (Å²) >= 11 is 1.38. The van der Waals surface area contributed by atoms with Gasteiger partial charge in [0, 0.05) is 30.6 Å².